The van der Waals surface area contributed by atoms with Crippen LogP contribution >= 0.6 is 0 Å². The standard InChI is InChI=1S/C26H32F3N9O2/c1-15-30-35-38(33-15)14-18-8-21(26(27,28)29)5-2-16(18)4-7-24(39)36-10-19-12-37(13-20(19)11-36)25(40)17-3-6-22-23(9-17)32-34-31-22/h2,5,8,17,22-23,31-32,34H,3-4,6-7,9-14H2,1H3. The summed E-state index contributed by atoms with van der Waals surface area (Å²) in [6, 6.07) is 4.18. The molecule has 0 spiro atoms. The van der Waals surface area contributed by atoms with Crippen molar-refractivity contribution in [3.05, 3.63) is 51.9 Å². The molecule has 3 atom stereocenters. The number of alkyl halides is 3. The van der Waals surface area contributed by atoms with E-state index in [0.29, 0.717) is 55.6 Å². The minimum atomic E-state index is -4.48. The van der Waals surface area contributed by atoms with Crippen LogP contribution in [-0.4, -0.2) is 80.1 Å². The topological polar surface area (TPSA) is 120 Å². The molecule has 40 heavy (non-hydrogen) atoms. The van der Waals surface area contributed by atoms with E-state index in [4.69, 9.17) is 0 Å². The molecule has 1 aliphatic carbocycles. The number of aryl methyl sites for hydroxylation is 2. The molecule has 0 bridgehead atoms. The number of halogens is 3. The second-order valence-corrected chi connectivity index (χ2v) is 11.1. The number of hydrogen-bond acceptors (Lipinski definition) is 8. The summed E-state index contributed by atoms with van der Waals surface area (Å²) in [6.45, 7) is 3.78. The summed E-state index contributed by atoms with van der Waals surface area (Å²) < 4.78 is 40.1. The maximum atomic E-state index is 13.4. The average Bonchev–Trinajstić information content (AvgIpc) is 3.70. The summed E-state index contributed by atoms with van der Waals surface area (Å²) in [6.07, 6.45) is -1.40. The Bertz CT molecular complexity index is 1320. The largest absolute Gasteiger partial charge is 0.416 e. The van der Waals surface area contributed by atoms with Gasteiger partial charge in [0, 0.05) is 50.6 Å². The van der Waals surface area contributed by atoms with Crippen LogP contribution in [0.25, 0.3) is 0 Å². The molecule has 1 aromatic carbocycles. The molecule has 3 unspecified atom stereocenters. The number of carbonyl (C=O) groups is 2. The third-order valence-corrected chi connectivity index (χ3v) is 8.41. The van der Waals surface area contributed by atoms with Gasteiger partial charge in [0.25, 0.3) is 0 Å². The lowest BCUT2D eigenvalue weighted by molar-refractivity contribution is -0.138. The van der Waals surface area contributed by atoms with E-state index < -0.39 is 11.7 Å². The first kappa shape index (κ1) is 26.8. The maximum absolute atomic E-state index is 13.4. The van der Waals surface area contributed by atoms with Crippen molar-refractivity contribution >= 4 is 11.8 Å². The van der Waals surface area contributed by atoms with Crippen molar-refractivity contribution in [3.8, 4) is 0 Å². The maximum Gasteiger partial charge on any atom is 0.416 e. The summed E-state index contributed by atoms with van der Waals surface area (Å²) >= 11 is 0. The summed E-state index contributed by atoms with van der Waals surface area (Å²) in [5.74, 6) is 0.555. The second kappa shape index (κ2) is 10.6. The molecule has 4 aliphatic rings. The number of nitrogens with one attached hydrogen (secondary N) is 3. The minimum absolute atomic E-state index is 0.00257. The molecule has 3 N–H and O–H groups in total. The predicted molar refractivity (Wildman–Crippen MR) is 136 cm³/mol. The van der Waals surface area contributed by atoms with Gasteiger partial charge in [-0.1, -0.05) is 6.07 Å². The van der Waals surface area contributed by atoms with Crippen LogP contribution in [0.4, 0.5) is 13.2 Å². The van der Waals surface area contributed by atoms with E-state index in [0.717, 1.165) is 42.5 Å². The first-order valence-corrected chi connectivity index (χ1v) is 13.6. The highest BCUT2D eigenvalue weighted by Gasteiger charge is 2.41. The number of hydrogen-bond donors (Lipinski definition) is 3. The van der Waals surface area contributed by atoms with Crippen molar-refractivity contribution < 1.29 is 22.8 Å². The van der Waals surface area contributed by atoms with Crippen molar-refractivity contribution in [2.45, 2.75) is 63.8 Å². The van der Waals surface area contributed by atoms with Gasteiger partial charge in [0.1, 0.15) is 0 Å². The lowest BCUT2D eigenvalue weighted by Gasteiger charge is -2.32. The van der Waals surface area contributed by atoms with Crippen molar-refractivity contribution in [2.24, 2.45) is 5.92 Å². The van der Waals surface area contributed by atoms with Crippen molar-refractivity contribution in [1.82, 2.24) is 46.4 Å². The van der Waals surface area contributed by atoms with Crippen LogP contribution in [-0.2, 0) is 28.7 Å². The first-order chi connectivity index (χ1) is 19.1. The van der Waals surface area contributed by atoms with Gasteiger partial charge in [-0.2, -0.15) is 23.5 Å². The van der Waals surface area contributed by atoms with Crippen molar-refractivity contribution in [3.63, 3.8) is 0 Å². The van der Waals surface area contributed by atoms with E-state index in [1.165, 1.54) is 10.9 Å². The highest BCUT2D eigenvalue weighted by atomic mass is 19.4. The number of carbonyl (C=O) groups excluding carboxylic acids is 2. The predicted octanol–water partition coefficient (Wildman–Crippen LogP) is 1.11. The number of nitrogens with zero attached hydrogens (tertiary/aromatic N) is 6. The highest BCUT2D eigenvalue weighted by molar-refractivity contribution is 5.81. The lowest BCUT2D eigenvalue weighted by atomic mass is 9.82. The van der Waals surface area contributed by atoms with Gasteiger partial charge in [-0.3, -0.25) is 9.59 Å². The number of tetrazole rings is 1. The molecule has 6 rings (SSSR count). The zero-order chi connectivity index (χ0) is 28.0. The number of amides is 2. The number of aromatic nitrogens is 4. The van der Waals surface area contributed by atoms with E-state index >= 15 is 0 Å². The quantitative estimate of drug-likeness (QED) is 0.451. The summed E-state index contributed by atoms with van der Waals surface area (Å²) in [4.78, 5) is 31.3. The Hall–Kier alpha value is -3.36. The van der Waals surface area contributed by atoms with Gasteiger partial charge in [0.05, 0.1) is 12.1 Å². The highest BCUT2D eigenvalue weighted by Crippen LogP contribution is 2.33. The first-order valence-electron chi connectivity index (χ1n) is 13.6. The van der Waals surface area contributed by atoms with E-state index in [-0.39, 0.29) is 36.7 Å². The Labute approximate surface area is 229 Å². The molecule has 0 radical (unpaired) electrons. The van der Waals surface area contributed by atoms with Gasteiger partial charge in [0.15, 0.2) is 5.82 Å². The number of rotatable bonds is 6. The SMILES string of the molecule is Cc1nnn(Cc2cc(C(F)(F)F)ccc2CCC(=O)N2CC3=C(C2)CN(C(=O)C2CCC4NNNC4C2)C3)n1. The Morgan fingerprint density at radius 1 is 1.00 bits per heavy atom. The van der Waals surface area contributed by atoms with Crippen molar-refractivity contribution in [2.75, 3.05) is 26.2 Å². The molecular formula is C26H32F3N9O2. The van der Waals surface area contributed by atoms with Crippen LogP contribution in [0.15, 0.2) is 29.3 Å². The fraction of sp³-hybridized carbons (Fsp3) is 0.577. The molecule has 1 aromatic heterocycles. The lowest BCUT2D eigenvalue weighted by Crippen LogP contribution is -2.46. The van der Waals surface area contributed by atoms with Crippen molar-refractivity contribution in [1.29, 1.82) is 0 Å². The summed E-state index contributed by atoms with van der Waals surface area (Å²) in [5, 5.41) is 11.7. The van der Waals surface area contributed by atoms with Crippen LogP contribution in [0.1, 0.15) is 48.2 Å². The smallest absolute Gasteiger partial charge is 0.335 e. The Morgan fingerprint density at radius 2 is 1.73 bits per heavy atom. The van der Waals surface area contributed by atoms with Gasteiger partial charge in [-0.15, -0.1) is 10.2 Å². The number of benzene rings is 1. The average molecular weight is 560 g/mol. The van der Waals surface area contributed by atoms with Gasteiger partial charge >= 0.3 is 6.18 Å². The molecule has 3 aliphatic heterocycles. The minimum Gasteiger partial charge on any atom is -0.335 e. The molecule has 2 fully saturated rings. The van der Waals surface area contributed by atoms with Crippen LogP contribution in [0.3, 0.4) is 0 Å². The molecule has 1 saturated heterocycles. The van der Waals surface area contributed by atoms with Crippen LogP contribution < -0.4 is 16.4 Å². The third-order valence-electron chi connectivity index (χ3n) is 8.41. The van der Waals surface area contributed by atoms with E-state index in [1.807, 2.05) is 4.90 Å². The van der Waals surface area contributed by atoms with Gasteiger partial charge in [0.2, 0.25) is 11.8 Å². The molecule has 214 valence electrons. The molecular weight excluding hydrogens is 527 g/mol. The molecule has 4 heterocycles. The number of fused-ring (bicyclic) bond motifs is 1. The fourth-order valence-corrected chi connectivity index (χ4v) is 6.26. The third kappa shape index (κ3) is 5.47. The van der Waals surface area contributed by atoms with E-state index in [1.54, 1.807) is 11.8 Å². The number of hydrazine groups is 2. The van der Waals surface area contributed by atoms with E-state index in [9.17, 15) is 22.8 Å². The van der Waals surface area contributed by atoms with Gasteiger partial charge in [-0.05, 0) is 72.2 Å². The zero-order valence-corrected chi connectivity index (χ0v) is 22.2. The summed E-state index contributed by atoms with van der Waals surface area (Å²) in [7, 11) is 0. The monoisotopic (exact) mass is 559 g/mol. The van der Waals surface area contributed by atoms with Gasteiger partial charge in [-0.25, -0.2) is 10.9 Å². The zero-order valence-electron chi connectivity index (χ0n) is 22.2. The van der Waals surface area contributed by atoms with Crippen LogP contribution in [0.5, 0.6) is 0 Å². The van der Waals surface area contributed by atoms with E-state index in [2.05, 4.69) is 31.8 Å². The molecule has 14 heteroatoms. The molecule has 2 amide bonds. The van der Waals surface area contributed by atoms with Crippen LogP contribution in [0, 0.1) is 12.8 Å². The van der Waals surface area contributed by atoms with Gasteiger partial charge < -0.3 is 9.80 Å². The normalized spacial score (nSPS) is 24.6. The Morgan fingerprint density at radius 3 is 2.42 bits per heavy atom. The Balaban J connectivity index is 1.04. The van der Waals surface area contributed by atoms with Crippen LogP contribution in [0.2, 0.25) is 0 Å². The summed E-state index contributed by atoms with van der Waals surface area (Å²) in [5.41, 5.74) is 11.9. The fourth-order valence-electron chi connectivity index (χ4n) is 6.26. The Kier molecular flexibility index (Phi) is 7.09. The molecule has 1 saturated carbocycles. The second-order valence-electron chi connectivity index (χ2n) is 11.1. The molecule has 11 nitrogen and oxygen atoms in total. The molecule has 2 aromatic rings.